The van der Waals surface area contributed by atoms with Gasteiger partial charge in [-0.2, -0.15) is 0 Å². The molecule has 0 saturated heterocycles. The van der Waals surface area contributed by atoms with Crippen LogP contribution < -0.4 is 11.1 Å². The van der Waals surface area contributed by atoms with Crippen molar-refractivity contribution in [2.75, 3.05) is 11.9 Å². The van der Waals surface area contributed by atoms with E-state index >= 15 is 0 Å². The third-order valence-corrected chi connectivity index (χ3v) is 3.05. The summed E-state index contributed by atoms with van der Waals surface area (Å²) in [7, 11) is 0. The first-order valence-corrected chi connectivity index (χ1v) is 6.29. The van der Waals surface area contributed by atoms with Crippen molar-refractivity contribution in [3.8, 4) is 0 Å². The average Bonchev–Trinajstić information content (AvgIpc) is 2.37. The molecule has 0 heterocycles. The number of hydrogen-bond acceptors (Lipinski definition) is 4. The number of benzene rings is 1. The number of nitrogens with zero attached hydrogens (tertiary/aromatic N) is 1. The van der Waals surface area contributed by atoms with Gasteiger partial charge in [0.1, 0.15) is 5.69 Å². The normalized spacial score (nSPS) is 11.9. The molecule has 1 atom stereocenters. The molecule has 104 valence electrons. The van der Waals surface area contributed by atoms with Gasteiger partial charge in [-0.15, -0.1) is 0 Å². The zero-order valence-corrected chi connectivity index (χ0v) is 11.3. The van der Waals surface area contributed by atoms with Gasteiger partial charge < -0.3 is 11.1 Å². The van der Waals surface area contributed by atoms with Crippen molar-refractivity contribution in [1.82, 2.24) is 0 Å². The molecular formula is C12H16ClN3O3. The molecule has 1 aromatic rings. The number of nitro benzene ring substituents is 1. The minimum Gasteiger partial charge on any atom is -0.330 e. The molecule has 19 heavy (non-hydrogen) atoms. The molecule has 0 saturated carbocycles. The molecule has 1 rings (SSSR count). The summed E-state index contributed by atoms with van der Waals surface area (Å²) in [5.74, 6) is -0.214. The fourth-order valence-corrected chi connectivity index (χ4v) is 1.79. The van der Waals surface area contributed by atoms with E-state index in [1.165, 1.54) is 18.2 Å². The molecule has 1 aromatic carbocycles. The molecule has 0 radical (unpaired) electrons. The molecule has 6 nitrogen and oxygen atoms in total. The number of carbonyl (C=O) groups is 1. The number of nitro groups is 1. The number of nitrogens with two attached hydrogens (primary N) is 1. The SMILES string of the molecule is CCC(CN)CC(=O)Nc1ccc(Cl)cc1[N+](=O)[O-]. The molecule has 0 aliphatic heterocycles. The molecule has 0 aromatic heterocycles. The largest absolute Gasteiger partial charge is 0.330 e. The fourth-order valence-electron chi connectivity index (χ4n) is 1.62. The van der Waals surface area contributed by atoms with E-state index in [0.717, 1.165) is 6.42 Å². The summed E-state index contributed by atoms with van der Waals surface area (Å²) in [6, 6.07) is 4.11. The highest BCUT2D eigenvalue weighted by Crippen LogP contribution is 2.28. The summed E-state index contributed by atoms with van der Waals surface area (Å²) in [4.78, 5) is 22.1. The first kappa shape index (κ1) is 15.4. The third kappa shape index (κ3) is 4.50. The Morgan fingerprint density at radius 1 is 1.58 bits per heavy atom. The van der Waals surface area contributed by atoms with Gasteiger partial charge in [-0.3, -0.25) is 14.9 Å². The highest BCUT2D eigenvalue weighted by Gasteiger charge is 2.18. The van der Waals surface area contributed by atoms with E-state index in [4.69, 9.17) is 17.3 Å². The van der Waals surface area contributed by atoms with Crippen LogP contribution in [0.5, 0.6) is 0 Å². The average molecular weight is 286 g/mol. The molecule has 0 aliphatic rings. The predicted octanol–water partition coefficient (Wildman–Crippen LogP) is 2.56. The number of hydrogen-bond donors (Lipinski definition) is 2. The van der Waals surface area contributed by atoms with Crippen molar-refractivity contribution in [2.24, 2.45) is 11.7 Å². The summed E-state index contributed by atoms with van der Waals surface area (Å²) < 4.78 is 0. The molecule has 1 unspecified atom stereocenters. The third-order valence-electron chi connectivity index (χ3n) is 2.82. The quantitative estimate of drug-likeness (QED) is 0.620. The van der Waals surface area contributed by atoms with E-state index in [9.17, 15) is 14.9 Å². The van der Waals surface area contributed by atoms with Gasteiger partial charge in [-0.1, -0.05) is 24.9 Å². The van der Waals surface area contributed by atoms with Gasteiger partial charge in [0.2, 0.25) is 5.91 Å². The van der Waals surface area contributed by atoms with E-state index in [2.05, 4.69) is 5.32 Å². The minimum atomic E-state index is -0.582. The highest BCUT2D eigenvalue weighted by atomic mass is 35.5. The van der Waals surface area contributed by atoms with Crippen LogP contribution in [0.25, 0.3) is 0 Å². The van der Waals surface area contributed by atoms with Gasteiger partial charge in [0.15, 0.2) is 0 Å². The van der Waals surface area contributed by atoms with Gasteiger partial charge >= 0.3 is 0 Å². The first-order valence-electron chi connectivity index (χ1n) is 5.91. The van der Waals surface area contributed by atoms with E-state index in [0.29, 0.717) is 6.54 Å². The lowest BCUT2D eigenvalue weighted by Crippen LogP contribution is -2.22. The van der Waals surface area contributed by atoms with Gasteiger partial charge in [0.25, 0.3) is 5.69 Å². The van der Waals surface area contributed by atoms with Crippen LogP contribution in [-0.2, 0) is 4.79 Å². The van der Waals surface area contributed by atoms with E-state index in [1.807, 2.05) is 6.92 Å². The Bertz CT molecular complexity index is 475. The van der Waals surface area contributed by atoms with Gasteiger partial charge in [0, 0.05) is 17.5 Å². The predicted molar refractivity (Wildman–Crippen MR) is 74.2 cm³/mol. The topological polar surface area (TPSA) is 98.3 Å². The maximum atomic E-state index is 11.8. The smallest absolute Gasteiger partial charge is 0.294 e. The number of halogens is 1. The standard InChI is InChI=1S/C12H16ClN3O3/c1-2-8(7-14)5-12(17)15-10-4-3-9(13)6-11(10)16(18)19/h3-4,6,8H,2,5,7,14H2,1H3,(H,15,17). The van der Waals surface area contributed by atoms with Crippen molar-refractivity contribution in [3.05, 3.63) is 33.3 Å². The summed E-state index contributed by atoms with van der Waals surface area (Å²) in [6.45, 7) is 2.35. The number of nitrogens with one attached hydrogen (secondary N) is 1. The second kappa shape index (κ2) is 7.06. The summed E-state index contributed by atoms with van der Waals surface area (Å²) in [6.07, 6.45) is 1.03. The number of rotatable bonds is 6. The highest BCUT2D eigenvalue weighted by molar-refractivity contribution is 6.31. The number of amides is 1. The summed E-state index contributed by atoms with van der Waals surface area (Å²) >= 11 is 5.69. The Hall–Kier alpha value is -1.66. The number of anilines is 1. The maximum absolute atomic E-state index is 11.8. The second-order valence-corrected chi connectivity index (χ2v) is 4.62. The Balaban J connectivity index is 2.82. The number of carbonyl (C=O) groups excluding carboxylic acids is 1. The van der Waals surface area contributed by atoms with Crippen LogP contribution in [0.15, 0.2) is 18.2 Å². The Morgan fingerprint density at radius 2 is 2.26 bits per heavy atom. The Morgan fingerprint density at radius 3 is 2.79 bits per heavy atom. The maximum Gasteiger partial charge on any atom is 0.294 e. The zero-order valence-electron chi connectivity index (χ0n) is 10.6. The van der Waals surface area contributed by atoms with Crippen LogP contribution in [0.1, 0.15) is 19.8 Å². The van der Waals surface area contributed by atoms with Crippen LogP contribution in [0.3, 0.4) is 0 Å². The van der Waals surface area contributed by atoms with Crippen molar-refractivity contribution in [1.29, 1.82) is 0 Å². The van der Waals surface area contributed by atoms with Gasteiger partial charge in [-0.25, -0.2) is 0 Å². The molecule has 0 bridgehead atoms. The lowest BCUT2D eigenvalue weighted by atomic mass is 10.0. The van der Waals surface area contributed by atoms with Crippen molar-refractivity contribution >= 4 is 28.9 Å². The molecule has 0 fully saturated rings. The minimum absolute atomic E-state index is 0.0753. The monoisotopic (exact) mass is 285 g/mol. The van der Waals surface area contributed by atoms with E-state index in [1.54, 1.807) is 0 Å². The molecule has 1 amide bonds. The first-order chi connectivity index (χ1) is 8.97. The Kier molecular flexibility index (Phi) is 5.72. The molecule has 0 spiro atoms. The van der Waals surface area contributed by atoms with Gasteiger partial charge in [-0.05, 0) is 24.6 Å². The lowest BCUT2D eigenvalue weighted by Gasteiger charge is -2.12. The molecule has 7 heteroatoms. The van der Waals surface area contributed by atoms with Crippen molar-refractivity contribution in [2.45, 2.75) is 19.8 Å². The second-order valence-electron chi connectivity index (χ2n) is 4.18. The van der Waals surface area contributed by atoms with Crippen molar-refractivity contribution in [3.63, 3.8) is 0 Å². The Labute approximate surface area is 116 Å². The van der Waals surface area contributed by atoms with Crippen LogP contribution in [0, 0.1) is 16.0 Å². The van der Waals surface area contributed by atoms with E-state index in [-0.39, 0.29) is 34.6 Å². The van der Waals surface area contributed by atoms with Crippen LogP contribution in [0.2, 0.25) is 5.02 Å². The zero-order chi connectivity index (χ0) is 14.4. The summed E-state index contributed by atoms with van der Waals surface area (Å²) in [5, 5.41) is 13.6. The van der Waals surface area contributed by atoms with Crippen LogP contribution >= 0.6 is 11.6 Å². The lowest BCUT2D eigenvalue weighted by molar-refractivity contribution is -0.383. The fraction of sp³-hybridized carbons (Fsp3) is 0.417. The van der Waals surface area contributed by atoms with Gasteiger partial charge in [0.05, 0.1) is 4.92 Å². The van der Waals surface area contributed by atoms with Crippen LogP contribution in [-0.4, -0.2) is 17.4 Å². The molecule has 3 N–H and O–H groups in total. The molecular weight excluding hydrogens is 270 g/mol. The van der Waals surface area contributed by atoms with E-state index < -0.39 is 4.92 Å². The summed E-state index contributed by atoms with van der Waals surface area (Å²) in [5.41, 5.74) is 5.44. The van der Waals surface area contributed by atoms with Crippen molar-refractivity contribution < 1.29 is 9.72 Å². The molecule has 0 aliphatic carbocycles. The van der Waals surface area contributed by atoms with Crippen LogP contribution in [0.4, 0.5) is 11.4 Å².